The number of hydrogen-bond acceptors (Lipinski definition) is 6. The molecule has 168 valence electrons. The van der Waals surface area contributed by atoms with Crippen molar-refractivity contribution >= 4 is 45.6 Å². The first kappa shape index (κ1) is 21.2. The second kappa shape index (κ2) is 9.43. The summed E-state index contributed by atoms with van der Waals surface area (Å²) in [7, 11) is 0. The SMILES string of the molecule is O=C(NCc1cccs1)c1ccc2[nH]nc(NC(=O)c3ccc(N4CCNCC4)cc3)c2c1. The largest absolute Gasteiger partial charge is 0.369 e. The topological polar surface area (TPSA) is 102 Å². The van der Waals surface area contributed by atoms with Crippen LogP contribution in [0.4, 0.5) is 11.5 Å². The molecule has 0 aliphatic carbocycles. The molecule has 0 spiro atoms. The van der Waals surface area contributed by atoms with Crippen LogP contribution in [0.25, 0.3) is 10.9 Å². The molecule has 0 saturated carbocycles. The van der Waals surface area contributed by atoms with E-state index in [4.69, 9.17) is 0 Å². The molecule has 0 radical (unpaired) electrons. The van der Waals surface area contributed by atoms with Crippen molar-refractivity contribution in [2.45, 2.75) is 6.54 Å². The zero-order chi connectivity index (χ0) is 22.6. The molecule has 2 aromatic heterocycles. The van der Waals surface area contributed by atoms with Crippen LogP contribution in [-0.2, 0) is 6.54 Å². The number of carbonyl (C=O) groups is 2. The van der Waals surface area contributed by atoms with E-state index in [0.29, 0.717) is 28.9 Å². The third-order valence-corrected chi connectivity index (χ3v) is 6.55. The number of fused-ring (bicyclic) bond motifs is 1. The molecule has 1 aliphatic heterocycles. The van der Waals surface area contributed by atoms with Crippen LogP contribution < -0.4 is 20.9 Å². The van der Waals surface area contributed by atoms with Crippen LogP contribution in [0.15, 0.2) is 60.0 Å². The van der Waals surface area contributed by atoms with Gasteiger partial charge in [0, 0.05) is 53.3 Å². The molecule has 2 amide bonds. The van der Waals surface area contributed by atoms with Gasteiger partial charge < -0.3 is 20.9 Å². The smallest absolute Gasteiger partial charge is 0.256 e. The molecule has 2 aromatic carbocycles. The van der Waals surface area contributed by atoms with Crippen LogP contribution in [0.1, 0.15) is 25.6 Å². The van der Waals surface area contributed by atoms with E-state index < -0.39 is 0 Å². The molecule has 5 rings (SSSR count). The van der Waals surface area contributed by atoms with E-state index in [1.807, 2.05) is 41.8 Å². The summed E-state index contributed by atoms with van der Waals surface area (Å²) in [4.78, 5) is 28.8. The lowest BCUT2D eigenvalue weighted by Crippen LogP contribution is -2.43. The Kier molecular flexibility index (Phi) is 6.05. The van der Waals surface area contributed by atoms with Crippen LogP contribution >= 0.6 is 11.3 Å². The number of piperazine rings is 1. The molecule has 0 atom stereocenters. The fraction of sp³-hybridized carbons (Fsp3) is 0.208. The van der Waals surface area contributed by atoms with Crippen LogP contribution in [-0.4, -0.2) is 48.2 Å². The third kappa shape index (κ3) is 4.74. The molecule has 0 unspecified atom stereocenters. The Morgan fingerprint density at radius 3 is 2.55 bits per heavy atom. The summed E-state index contributed by atoms with van der Waals surface area (Å²) in [6.45, 7) is 4.31. The molecule has 1 fully saturated rings. The predicted molar refractivity (Wildman–Crippen MR) is 131 cm³/mol. The number of amides is 2. The van der Waals surface area contributed by atoms with Crippen LogP contribution in [0.3, 0.4) is 0 Å². The van der Waals surface area contributed by atoms with Crippen molar-refractivity contribution in [3.63, 3.8) is 0 Å². The van der Waals surface area contributed by atoms with Gasteiger partial charge in [0.05, 0.1) is 12.1 Å². The third-order valence-electron chi connectivity index (χ3n) is 5.67. The van der Waals surface area contributed by atoms with Gasteiger partial charge >= 0.3 is 0 Å². The van der Waals surface area contributed by atoms with E-state index in [2.05, 4.69) is 31.0 Å². The summed E-state index contributed by atoms with van der Waals surface area (Å²) < 4.78 is 0. The van der Waals surface area contributed by atoms with E-state index in [-0.39, 0.29) is 11.8 Å². The first-order chi connectivity index (χ1) is 16.2. The van der Waals surface area contributed by atoms with Gasteiger partial charge in [0.25, 0.3) is 11.8 Å². The highest BCUT2D eigenvalue weighted by Gasteiger charge is 2.15. The number of thiophene rings is 1. The van der Waals surface area contributed by atoms with Crippen molar-refractivity contribution in [3.8, 4) is 0 Å². The number of anilines is 2. The number of H-pyrrole nitrogens is 1. The fourth-order valence-corrected chi connectivity index (χ4v) is 4.50. The van der Waals surface area contributed by atoms with E-state index in [1.165, 1.54) is 0 Å². The van der Waals surface area contributed by atoms with Crippen molar-refractivity contribution in [1.29, 1.82) is 0 Å². The summed E-state index contributed by atoms with van der Waals surface area (Å²) in [6.07, 6.45) is 0. The van der Waals surface area contributed by atoms with Gasteiger partial charge in [0.15, 0.2) is 5.82 Å². The molecule has 9 heteroatoms. The van der Waals surface area contributed by atoms with Crippen molar-refractivity contribution in [3.05, 3.63) is 76.0 Å². The number of aromatic nitrogens is 2. The molecule has 0 bridgehead atoms. The highest BCUT2D eigenvalue weighted by atomic mass is 32.1. The van der Waals surface area contributed by atoms with Gasteiger partial charge in [0.1, 0.15) is 0 Å². The van der Waals surface area contributed by atoms with Crippen molar-refractivity contribution in [1.82, 2.24) is 20.8 Å². The Bertz CT molecular complexity index is 1260. The molecule has 1 aliphatic rings. The van der Waals surface area contributed by atoms with Crippen molar-refractivity contribution in [2.75, 3.05) is 36.4 Å². The van der Waals surface area contributed by atoms with Gasteiger partial charge in [-0.25, -0.2) is 0 Å². The molecule has 3 heterocycles. The molecule has 4 N–H and O–H groups in total. The van der Waals surface area contributed by atoms with Crippen molar-refractivity contribution in [2.24, 2.45) is 0 Å². The monoisotopic (exact) mass is 460 g/mol. The minimum Gasteiger partial charge on any atom is -0.369 e. The number of aromatic amines is 1. The summed E-state index contributed by atoms with van der Waals surface area (Å²) in [5.41, 5.74) is 2.91. The van der Waals surface area contributed by atoms with Gasteiger partial charge in [-0.3, -0.25) is 14.7 Å². The van der Waals surface area contributed by atoms with Gasteiger partial charge in [0.2, 0.25) is 0 Å². The first-order valence-electron chi connectivity index (χ1n) is 10.8. The Hall–Kier alpha value is -3.69. The lowest BCUT2D eigenvalue weighted by molar-refractivity contribution is 0.0950. The maximum atomic E-state index is 12.8. The summed E-state index contributed by atoms with van der Waals surface area (Å²) in [5, 5.41) is 18.9. The highest BCUT2D eigenvalue weighted by Crippen LogP contribution is 2.23. The average Bonchev–Trinajstić information content (AvgIpc) is 3.53. The van der Waals surface area contributed by atoms with Crippen LogP contribution in [0, 0.1) is 0 Å². The maximum absolute atomic E-state index is 12.8. The maximum Gasteiger partial charge on any atom is 0.256 e. The Balaban J connectivity index is 1.28. The Labute approximate surface area is 195 Å². The van der Waals surface area contributed by atoms with Crippen LogP contribution in [0.5, 0.6) is 0 Å². The fourth-order valence-electron chi connectivity index (χ4n) is 3.86. The Morgan fingerprint density at radius 1 is 1.00 bits per heavy atom. The molecule has 1 saturated heterocycles. The van der Waals surface area contributed by atoms with Gasteiger partial charge in [-0.15, -0.1) is 11.3 Å². The molecule has 33 heavy (non-hydrogen) atoms. The molecular weight excluding hydrogens is 436 g/mol. The van der Waals surface area contributed by atoms with Gasteiger partial charge in [-0.2, -0.15) is 5.10 Å². The number of carbonyl (C=O) groups excluding carboxylic acids is 2. The quantitative estimate of drug-likeness (QED) is 0.354. The molecule has 8 nitrogen and oxygen atoms in total. The highest BCUT2D eigenvalue weighted by molar-refractivity contribution is 7.09. The lowest BCUT2D eigenvalue weighted by atomic mass is 10.1. The number of nitrogens with one attached hydrogen (secondary N) is 4. The van der Waals surface area contributed by atoms with E-state index in [1.54, 1.807) is 29.5 Å². The number of hydrogen-bond donors (Lipinski definition) is 4. The van der Waals surface area contributed by atoms with E-state index in [9.17, 15) is 9.59 Å². The summed E-state index contributed by atoms with van der Waals surface area (Å²) in [5.74, 6) is -0.0239. The number of rotatable bonds is 6. The number of nitrogens with zero attached hydrogens (tertiary/aromatic N) is 2. The van der Waals surface area contributed by atoms with E-state index in [0.717, 1.165) is 42.3 Å². The molecule has 4 aromatic rings. The van der Waals surface area contributed by atoms with Gasteiger partial charge in [-0.05, 0) is 53.9 Å². The zero-order valence-electron chi connectivity index (χ0n) is 17.9. The number of benzene rings is 2. The zero-order valence-corrected chi connectivity index (χ0v) is 18.7. The minimum atomic E-state index is -0.247. The first-order valence-corrected chi connectivity index (χ1v) is 11.7. The van der Waals surface area contributed by atoms with Crippen LogP contribution in [0.2, 0.25) is 0 Å². The molecular formula is C24H24N6O2S. The lowest BCUT2D eigenvalue weighted by Gasteiger charge is -2.29. The average molecular weight is 461 g/mol. The second-order valence-electron chi connectivity index (χ2n) is 7.83. The van der Waals surface area contributed by atoms with Gasteiger partial charge in [-0.1, -0.05) is 6.07 Å². The summed E-state index contributed by atoms with van der Waals surface area (Å²) in [6, 6.07) is 16.8. The minimum absolute atomic E-state index is 0.174. The Morgan fingerprint density at radius 2 is 1.79 bits per heavy atom. The summed E-state index contributed by atoms with van der Waals surface area (Å²) >= 11 is 1.60. The second-order valence-corrected chi connectivity index (χ2v) is 8.86. The normalized spacial score (nSPS) is 13.8. The predicted octanol–water partition coefficient (Wildman–Crippen LogP) is 3.22. The van der Waals surface area contributed by atoms with E-state index >= 15 is 0 Å². The standard InChI is InChI=1S/C24H24N6O2S/c31-23(26-15-19-2-1-13-33-19)17-5-8-21-20(14-17)22(29-28-21)27-24(32)16-3-6-18(7-4-16)30-11-9-25-10-12-30/h1-8,13-14,25H,9-12,15H2,(H,26,31)(H2,27,28,29,32). The van der Waals surface area contributed by atoms with Crippen molar-refractivity contribution < 1.29 is 9.59 Å².